The van der Waals surface area contributed by atoms with Crippen molar-refractivity contribution in [3.05, 3.63) is 42.5 Å². The highest BCUT2D eigenvalue weighted by atomic mass is 32.3. The summed E-state index contributed by atoms with van der Waals surface area (Å²) in [5.41, 5.74) is 0. The Labute approximate surface area is 87.1 Å². The van der Waals surface area contributed by atoms with Crippen LogP contribution >= 0.6 is 0 Å². The van der Waals surface area contributed by atoms with E-state index >= 15 is 0 Å². The molecule has 0 aliphatic carbocycles. The molecule has 0 unspecified atom stereocenters. The zero-order chi connectivity index (χ0) is 10.9. The number of benzene rings is 2. The van der Waals surface area contributed by atoms with Crippen molar-refractivity contribution in [1.82, 2.24) is 0 Å². The first-order valence-electron chi connectivity index (χ1n) is 4.19. The molecule has 0 amide bonds. The Morgan fingerprint density at radius 2 is 1.67 bits per heavy atom. The average Bonchev–Trinajstić information content (AvgIpc) is 2.16. The Morgan fingerprint density at radius 3 is 2.40 bits per heavy atom. The molecule has 0 aromatic heterocycles. The second-order valence-corrected chi connectivity index (χ2v) is 3.95. The molecule has 2 aromatic carbocycles. The summed E-state index contributed by atoms with van der Waals surface area (Å²) in [5.74, 6) is 0.0584. The zero-order valence-corrected chi connectivity index (χ0v) is 8.40. The van der Waals surface area contributed by atoms with Crippen LogP contribution in [0.25, 0.3) is 10.8 Å². The molecule has 0 fully saturated rings. The van der Waals surface area contributed by atoms with Crippen molar-refractivity contribution in [3.63, 3.8) is 0 Å². The van der Waals surface area contributed by atoms with Gasteiger partial charge in [0.15, 0.2) is 0 Å². The van der Waals surface area contributed by atoms with Crippen molar-refractivity contribution in [2.24, 2.45) is 0 Å². The predicted octanol–water partition coefficient (Wildman–Crippen LogP) is 1.68. The Hall–Kier alpha value is -1.59. The van der Waals surface area contributed by atoms with E-state index in [-0.39, 0.29) is 5.75 Å². The van der Waals surface area contributed by atoms with Crippen molar-refractivity contribution >= 4 is 21.2 Å². The molecule has 0 aliphatic heterocycles. The lowest BCUT2D eigenvalue weighted by atomic mass is 10.1. The second-order valence-electron chi connectivity index (χ2n) is 2.97. The Morgan fingerprint density at radius 1 is 1.00 bits per heavy atom. The summed E-state index contributed by atoms with van der Waals surface area (Å²) >= 11 is 0. The lowest BCUT2D eigenvalue weighted by molar-refractivity contribution is 0.374. The number of hydrogen-bond donors (Lipinski definition) is 0. The molecule has 0 atom stereocenters. The van der Waals surface area contributed by atoms with E-state index in [1.807, 2.05) is 6.07 Å². The van der Waals surface area contributed by atoms with Crippen molar-refractivity contribution in [2.75, 3.05) is 0 Å². The van der Waals surface area contributed by atoms with Gasteiger partial charge in [-0.15, -0.1) is 0 Å². The van der Waals surface area contributed by atoms with Gasteiger partial charge in [0.25, 0.3) is 10.4 Å². The molecule has 0 saturated heterocycles. The molecule has 0 N–H and O–H groups in total. The van der Waals surface area contributed by atoms with Crippen molar-refractivity contribution < 1.29 is 17.2 Å². The van der Waals surface area contributed by atoms with E-state index < -0.39 is 10.4 Å². The van der Waals surface area contributed by atoms with Crippen molar-refractivity contribution in [2.45, 2.75) is 0 Å². The first kappa shape index (κ1) is 9.95. The molecule has 5 heteroatoms. The SMILES string of the molecule is O=S(=O)([O-])Oc1cccc2ccccc12. The zero-order valence-electron chi connectivity index (χ0n) is 7.58. The molecule has 2 rings (SSSR count). The first-order valence-corrected chi connectivity index (χ1v) is 5.53. The third kappa shape index (κ3) is 2.26. The molecule has 2 aromatic rings. The maximum atomic E-state index is 10.5. The number of rotatable bonds is 2. The molecule has 0 aliphatic rings. The van der Waals surface area contributed by atoms with Gasteiger partial charge in [-0.1, -0.05) is 36.4 Å². The summed E-state index contributed by atoms with van der Waals surface area (Å²) in [7, 11) is -4.72. The van der Waals surface area contributed by atoms with Crippen LogP contribution < -0.4 is 4.18 Å². The van der Waals surface area contributed by atoms with Crippen LogP contribution in [-0.2, 0) is 10.4 Å². The summed E-state index contributed by atoms with van der Waals surface area (Å²) in [6.07, 6.45) is 0. The van der Waals surface area contributed by atoms with Crippen LogP contribution in [0.4, 0.5) is 0 Å². The lowest BCUT2D eigenvalue weighted by Crippen LogP contribution is -2.07. The van der Waals surface area contributed by atoms with Gasteiger partial charge < -0.3 is 8.74 Å². The summed E-state index contributed by atoms with van der Waals surface area (Å²) in [5, 5.41) is 1.41. The number of fused-ring (bicyclic) bond motifs is 1. The van der Waals surface area contributed by atoms with Gasteiger partial charge in [-0.2, -0.15) is 0 Å². The maximum absolute atomic E-state index is 10.5. The molecule has 0 saturated carbocycles. The minimum absolute atomic E-state index is 0.0584. The third-order valence-electron chi connectivity index (χ3n) is 1.94. The van der Waals surface area contributed by atoms with Gasteiger partial charge in [0.05, 0.1) is 0 Å². The topological polar surface area (TPSA) is 66.4 Å². The highest BCUT2D eigenvalue weighted by Gasteiger charge is 2.03. The van der Waals surface area contributed by atoms with Crippen LogP contribution in [0.2, 0.25) is 0 Å². The van der Waals surface area contributed by atoms with Gasteiger partial charge >= 0.3 is 0 Å². The minimum atomic E-state index is -4.72. The van der Waals surface area contributed by atoms with E-state index in [1.54, 1.807) is 30.3 Å². The van der Waals surface area contributed by atoms with Gasteiger partial charge in [-0.05, 0) is 11.5 Å². The number of hydrogen-bond acceptors (Lipinski definition) is 4. The fourth-order valence-corrected chi connectivity index (χ4v) is 1.74. The minimum Gasteiger partial charge on any atom is -0.716 e. The maximum Gasteiger partial charge on any atom is 0.262 e. The van der Waals surface area contributed by atoms with Crippen LogP contribution in [0, 0.1) is 0 Å². The Balaban J connectivity index is 2.61. The fourth-order valence-electron chi connectivity index (χ4n) is 1.38. The Kier molecular flexibility index (Phi) is 2.34. The van der Waals surface area contributed by atoms with Crippen LogP contribution in [0.3, 0.4) is 0 Å². The largest absolute Gasteiger partial charge is 0.716 e. The second kappa shape index (κ2) is 3.52. The van der Waals surface area contributed by atoms with Crippen LogP contribution in [0.5, 0.6) is 5.75 Å². The van der Waals surface area contributed by atoms with Gasteiger partial charge in [0, 0.05) is 5.39 Å². The van der Waals surface area contributed by atoms with Gasteiger partial charge in [-0.3, -0.25) is 0 Å². The summed E-state index contributed by atoms with van der Waals surface area (Å²) in [6.45, 7) is 0. The quantitative estimate of drug-likeness (QED) is 0.573. The standard InChI is InChI=1S/C10H8O4S/c11-15(12,13)14-10-7-3-5-8-4-1-2-6-9(8)10/h1-7H,(H,11,12,13)/p-1. The van der Waals surface area contributed by atoms with E-state index in [9.17, 15) is 13.0 Å². The molecule has 15 heavy (non-hydrogen) atoms. The Bertz CT molecular complexity index is 584. The van der Waals surface area contributed by atoms with E-state index in [0.717, 1.165) is 5.39 Å². The molecular formula is C10H7O4S-. The monoisotopic (exact) mass is 223 g/mol. The molecule has 4 nitrogen and oxygen atoms in total. The van der Waals surface area contributed by atoms with E-state index in [1.165, 1.54) is 6.07 Å². The van der Waals surface area contributed by atoms with E-state index in [2.05, 4.69) is 4.18 Å². The van der Waals surface area contributed by atoms with Crippen LogP contribution in [0.1, 0.15) is 0 Å². The van der Waals surface area contributed by atoms with Crippen LogP contribution in [0.15, 0.2) is 42.5 Å². The lowest BCUT2D eigenvalue weighted by Gasteiger charge is -2.10. The van der Waals surface area contributed by atoms with Crippen LogP contribution in [-0.4, -0.2) is 13.0 Å². The summed E-state index contributed by atoms with van der Waals surface area (Å²) in [4.78, 5) is 0. The normalized spacial score (nSPS) is 11.5. The average molecular weight is 223 g/mol. The molecule has 0 heterocycles. The predicted molar refractivity (Wildman–Crippen MR) is 54.3 cm³/mol. The van der Waals surface area contributed by atoms with E-state index in [4.69, 9.17) is 0 Å². The first-order chi connectivity index (χ1) is 7.06. The fraction of sp³-hybridized carbons (Fsp3) is 0. The molecule has 0 bridgehead atoms. The van der Waals surface area contributed by atoms with Gasteiger partial charge in [0.2, 0.25) is 0 Å². The molecular weight excluding hydrogens is 216 g/mol. The van der Waals surface area contributed by atoms with E-state index in [0.29, 0.717) is 5.39 Å². The van der Waals surface area contributed by atoms with Crippen molar-refractivity contribution in [3.8, 4) is 5.75 Å². The molecule has 0 radical (unpaired) electrons. The van der Waals surface area contributed by atoms with Gasteiger partial charge in [0.1, 0.15) is 5.75 Å². The summed E-state index contributed by atoms with van der Waals surface area (Å²) < 4.78 is 35.7. The van der Waals surface area contributed by atoms with Gasteiger partial charge in [-0.25, -0.2) is 8.42 Å². The third-order valence-corrected chi connectivity index (χ3v) is 2.33. The molecule has 78 valence electrons. The molecule has 0 spiro atoms. The summed E-state index contributed by atoms with van der Waals surface area (Å²) in [6, 6.07) is 11.9. The smallest absolute Gasteiger partial charge is 0.262 e. The highest BCUT2D eigenvalue weighted by molar-refractivity contribution is 7.81. The van der Waals surface area contributed by atoms with Crippen molar-refractivity contribution in [1.29, 1.82) is 0 Å². The highest BCUT2D eigenvalue weighted by Crippen LogP contribution is 2.25.